The van der Waals surface area contributed by atoms with Gasteiger partial charge in [-0.2, -0.15) is 0 Å². The number of rotatable bonds is 5. The number of hydrogen-bond donors (Lipinski definition) is 0. The Morgan fingerprint density at radius 2 is 1.88 bits per heavy atom. The second-order valence-electron chi connectivity index (χ2n) is 4.08. The lowest BCUT2D eigenvalue weighted by molar-refractivity contribution is -0.142. The quantitative estimate of drug-likeness (QED) is 0.587. The molecule has 94 valence electrons. The molecular formula is C12H18O4Si. The van der Waals surface area contributed by atoms with Gasteiger partial charge in [0.2, 0.25) is 8.32 Å². The summed E-state index contributed by atoms with van der Waals surface area (Å²) >= 11 is 0. The number of carbonyl (C=O) groups excluding carboxylic acids is 1. The number of carbonyl (C=O) groups is 1. The molecule has 0 saturated heterocycles. The van der Waals surface area contributed by atoms with E-state index < -0.39 is 14.3 Å². The van der Waals surface area contributed by atoms with Crippen LogP contribution in [0.1, 0.15) is 0 Å². The van der Waals surface area contributed by atoms with Gasteiger partial charge in [-0.1, -0.05) is 18.2 Å². The molecule has 0 heterocycles. The Bertz CT molecular complexity index is 390. The molecule has 1 aromatic rings. The van der Waals surface area contributed by atoms with Crippen LogP contribution in [0.15, 0.2) is 24.3 Å². The zero-order valence-corrected chi connectivity index (χ0v) is 11.6. The average molecular weight is 254 g/mol. The summed E-state index contributed by atoms with van der Waals surface area (Å²) in [6, 6.07) is 7.62. The van der Waals surface area contributed by atoms with Gasteiger partial charge in [0.1, 0.15) is 5.75 Å². The monoisotopic (exact) mass is 254 g/mol. The second-order valence-corrected chi connectivity index (χ2v) is 8.04. The molecule has 0 N–H and O–H groups in total. The number of hydrogen-bond acceptors (Lipinski definition) is 4. The number of ether oxygens (including phenoxy) is 2. The summed E-state index contributed by atoms with van der Waals surface area (Å²) in [5.41, 5.74) is 0. The summed E-state index contributed by atoms with van der Waals surface area (Å²) in [5, 5.41) is 1.03. The van der Waals surface area contributed by atoms with Gasteiger partial charge in [-0.05, 0) is 19.2 Å². The van der Waals surface area contributed by atoms with Crippen molar-refractivity contribution in [1.82, 2.24) is 0 Å². The van der Waals surface area contributed by atoms with Crippen molar-refractivity contribution in [3.05, 3.63) is 24.3 Å². The van der Waals surface area contributed by atoms with Crippen molar-refractivity contribution in [2.24, 2.45) is 0 Å². The van der Waals surface area contributed by atoms with Crippen LogP contribution in [0, 0.1) is 0 Å². The maximum atomic E-state index is 11.0. The normalized spacial score (nSPS) is 11.1. The molecule has 0 bridgehead atoms. The van der Waals surface area contributed by atoms with E-state index in [1.54, 1.807) is 7.11 Å². The predicted molar refractivity (Wildman–Crippen MR) is 68.1 cm³/mol. The minimum atomic E-state index is -1.96. The van der Waals surface area contributed by atoms with E-state index in [0.29, 0.717) is 5.75 Å². The van der Waals surface area contributed by atoms with Crippen molar-refractivity contribution in [3.8, 4) is 5.75 Å². The Balaban J connectivity index is 2.89. The predicted octanol–water partition coefficient (Wildman–Crippen LogP) is 1.30. The van der Waals surface area contributed by atoms with Gasteiger partial charge < -0.3 is 13.9 Å². The van der Waals surface area contributed by atoms with Gasteiger partial charge in [-0.15, -0.1) is 0 Å². The molecule has 0 aliphatic carbocycles. The first kappa shape index (κ1) is 13.7. The molecule has 0 spiro atoms. The smallest absolute Gasteiger partial charge is 0.343 e. The molecule has 0 atom stereocenters. The molecule has 0 amide bonds. The van der Waals surface area contributed by atoms with E-state index >= 15 is 0 Å². The highest BCUT2D eigenvalue weighted by Crippen LogP contribution is 2.14. The van der Waals surface area contributed by atoms with E-state index in [9.17, 15) is 4.79 Å². The maximum absolute atomic E-state index is 11.0. The first-order valence-electron chi connectivity index (χ1n) is 5.35. The Morgan fingerprint density at radius 1 is 1.24 bits per heavy atom. The Kier molecular flexibility index (Phi) is 4.71. The minimum Gasteiger partial charge on any atom is -0.482 e. The number of benzene rings is 1. The summed E-state index contributed by atoms with van der Waals surface area (Å²) in [5.74, 6) is 0.299. The van der Waals surface area contributed by atoms with Gasteiger partial charge in [-0.25, -0.2) is 4.79 Å². The molecule has 1 aromatic carbocycles. The van der Waals surface area contributed by atoms with Crippen molar-refractivity contribution >= 4 is 19.5 Å². The zero-order chi connectivity index (χ0) is 12.9. The van der Waals surface area contributed by atoms with Crippen LogP contribution in [-0.4, -0.2) is 35.1 Å². The summed E-state index contributed by atoms with van der Waals surface area (Å²) in [7, 11) is 1.08. The molecule has 0 radical (unpaired) electrons. The van der Waals surface area contributed by atoms with Crippen LogP contribution in [0.4, 0.5) is 0 Å². The fraction of sp³-hybridized carbons (Fsp3) is 0.417. The zero-order valence-electron chi connectivity index (χ0n) is 10.6. The third-order valence-electron chi connectivity index (χ3n) is 2.62. The average Bonchev–Trinajstić information content (AvgIpc) is 2.36. The van der Waals surface area contributed by atoms with Crippen LogP contribution >= 0.6 is 0 Å². The highest BCUT2D eigenvalue weighted by Gasteiger charge is 2.27. The van der Waals surface area contributed by atoms with Crippen LogP contribution in [0.25, 0.3) is 0 Å². The summed E-state index contributed by atoms with van der Waals surface area (Å²) in [6.07, 6.45) is 0. The fourth-order valence-corrected chi connectivity index (χ4v) is 2.86. The third kappa shape index (κ3) is 3.57. The van der Waals surface area contributed by atoms with Crippen LogP contribution in [-0.2, 0) is 14.0 Å². The first-order chi connectivity index (χ1) is 8.01. The molecule has 5 heteroatoms. The van der Waals surface area contributed by atoms with Gasteiger partial charge in [-0.3, -0.25) is 0 Å². The van der Waals surface area contributed by atoms with Crippen molar-refractivity contribution in [2.45, 2.75) is 13.1 Å². The molecular weight excluding hydrogens is 236 g/mol. The molecule has 0 unspecified atom stereocenters. The first-order valence-corrected chi connectivity index (χ1v) is 8.26. The second kappa shape index (κ2) is 5.84. The van der Waals surface area contributed by atoms with E-state index in [0.717, 1.165) is 5.19 Å². The van der Waals surface area contributed by atoms with Gasteiger partial charge >= 0.3 is 5.97 Å². The van der Waals surface area contributed by atoms with Gasteiger partial charge in [0, 0.05) is 12.3 Å². The van der Waals surface area contributed by atoms with Crippen LogP contribution in [0.5, 0.6) is 5.75 Å². The Hall–Kier alpha value is -1.33. The van der Waals surface area contributed by atoms with Gasteiger partial charge in [0.05, 0.1) is 7.11 Å². The molecule has 1 rings (SSSR count). The highest BCUT2D eigenvalue weighted by molar-refractivity contribution is 6.85. The number of methoxy groups -OCH3 is 1. The highest BCUT2D eigenvalue weighted by atomic mass is 28.4. The van der Waals surface area contributed by atoms with Crippen molar-refractivity contribution in [2.75, 3.05) is 20.8 Å². The lowest BCUT2D eigenvalue weighted by Crippen LogP contribution is -2.44. The standard InChI is InChI=1S/C12H18O4Si/c1-14-12(13)9-16-10-7-5-6-8-11(10)17(3,4)15-2/h5-8H,9H2,1-4H3. The number of esters is 1. The summed E-state index contributed by atoms with van der Waals surface area (Å²) in [4.78, 5) is 11.0. The molecule has 4 nitrogen and oxygen atoms in total. The molecule has 0 fully saturated rings. The van der Waals surface area contributed by atoms with E-state index in [1.807, 2.05) is 24.3 Å². The van der Waals surface area contributed by atoms with Crippen molar-refractivity contribution in [1.29, 1.82) is 0 Å². The Labute approximate surface area is 103 Å². The van der Waals surface area contributed by atoms with Gasteiger partial charge in [0.25, 0.3) is 0 Å². The molecule has 0 aliphatic rings. The maximum Gasteiger partial charge on any atom is 0.343 e. The molecule has 17 heavy (non-hydrogen) atoms. The van der Waals surface area contributed by atoms with Crippen LogP contribution in [0.3, 0.4) is 0 Å². The lowest BCUT2D eigenvalue weighted by Gasteiger charge is -2.23. The van der Waals surface area contributed by atoms with Crippen LogP contribution in [0.2, 0.25) is 13.1 Å². The van der Waals surface area contributed by atoms with E-state index in [2.05, 4.69) is 17.8 Å². The Morgan fingerprint density at radius 3 is 2.47 bits per heavy atom. The summed E-state index contributed by atoms with van der Waals surface area (Å²) in [6.45, 7) is 4.07. The molecule has 0 saturated carbocycles. The summed E-state index contributed by atoms with van der Waals surface area (Å²) < 4.78 is 15.5. The third-order valence-corrected chi connectivity index (χ3v) is 5.35. The number of para-hydroxylation sites is 1. The minimum absolute atomic E-state index is 0.0816. The van der Waals surface area contributed by atoms with E-state index in [-0.39, 0.29) is 6.61 Å². The molecule has 0 aliphatic heterocycles. The topological polar surface area (TPSA) is 44.8 Å². The largest absolute Gasteiger partial charge is 0.482 e. The van der Waals surface area contributed by atoms with Crippen molar-refractivity contribution < 1.29 is 18.7 Å². The van der Waals surface area contributed by atoms with Crippen LogP contribution < -0.4 is 9.92 Å². The van der Waals surface area contributed by atoms with Gasteiger partial charge in [0.15, 0.2) is 6.61 Å². The SMILES string of the molecule is COC(=O)COc1ccccc1[Si](C)(C)OC. The lowest BCUT2D eigenvalue weighted by atomic mass is 10.3. The van der Waals surface area contributed by atoms with Crippen molar-refractivity contribution in [3.63, 3.8) is 0 Å². The molecule has 0 aromatic heterocycles. The fourth-order valence-electron chi connectivity index (χ4n) is 1.40. The van der Waals surface area contributed by atoms with E-state index in [4.69, 9.17) is 9.16 Å². The van der Waals surface area contributed by atoms with E-state index in [1.165, 1.54) is 7.11 Å².